The van der Waals surface area contributed by atoms with Crippen molar-refractivity contribution in [3.05, 3.63) is 34.4 Å². The van der Waals surface area contributed by atoms with E-state index in [0.717, 1.165) is 23.1 Å². The Balaban J connectivity index is 3.18. The minimum atomic E-state index is -0.473. The van der Waals surface area contributed by atoms with Crippen LogP contribution in [0.2, 0.25) is 0 Å². The minimum absolute atomic E-state index is 0.0895. The van der Waals surface area contributed by atoms with Gasteiger partial charge in [0.05, 0.1) is 0 Å². The van der Waals surface area contributed by atoms with Gasteiger partial charge in [0.2, 0.25) is 5.91 Å². The fraction of sp³-hybridized carbons (Fsp3) is 0.562. The molecule has 0 aliphatic rings. The molecule has 5 nitrogen and oxygen atoms in total. The highest BCUT2D eigenvalue weighted by molar-refractivity contribution is 5.93. The summed E-state index contributed by atoms with van der Waals surface area (Å²) in [6, 6.07) is 3.57. The molecule has 1 amide bonds. The predicted octanol–water partition coefficient (Wildman–Crippen LogP) is 0.560. The number of aliphatic hydroxyl groups is 3. The second-order valence-electron chi connectivity index (χ2n) is 5.12. The third-order valence-electron chi connectivity index (χ3n) is 3.51. The zero-order valence-electron chi connectivity index (χ0n) is 12.3. The second kappa shape index (κ2) is 9.50. The molecule has 0 fully saturated rings. The van der Waals surface area contributed by atoms with E-state index < -0.39 is 5.91 Å². The molecule has 0 heterocycles. The van der Waals surface area contributed by atoms with Crippen molar-refractivity contribution in [3.8, 4) is 0 Å². The molecule has 0 bridgehead atoms. The topological polar surface area (TPSA) is 104 Å². The van der Waals surface area contributed by atoms with Crippen LogP contribution in [0, 0.1) is 0 Å². The molecule has 0 radical (unpaired) electrons. The fourth-order valence-corrected chi connectivity index (χ4v) is 2.50. The number of hydrogen-bond donors (Lipinski definition) is 4. The van der Waals surface area contributed by atoms with Crippen molar-refractivity contribution in [3.63, 3.8) is 0 Å². The quantitative estimate of drug-likeness (QED) is 0.506. The first kappa shape index (κ1) is 17.6. The highest BCUT2D eigenvalue weighted by atomic mass is 16.3. The number of aliphatic hydroxyl groups excluding tert-OH is 3. The lowest BCUT2D eigenvalue weighted by Crippen LogP contribution is -2.14. The summed E-state index contributed by atoms with van der Waals surface area (Å²) in [5.41, 5.74) is 8.95. The largest absolute Gasteiger partial charge is 0.396 e. The molecule has 1 rings (SSSR count). The lowest BCUT2D eigenvalue weighted by atomic mass is 9.89. The van der Waals surface area contributed by atoms with Gasteiger partial charge in [-0.05, 0) is 67.3 Å². The maximum atomic E-state index is 11.5. The van der Waals surface area contributed by atoms with Crippen molar-refractivity contribution >= 4 is 5.91 Å². The van der Waals surface area contributed by atoms with Crippen LogP contribution < -0.4 is 5.73 Å². The Labute approximate surface area is 125 Å². The van der Waals surface area contributed by atoms with Crippen LogP contribution in [0.5, 0.6) is 0 Å². The molecule has 0 aliphatic heterocycles. The third kappa shape index (κ3) is 5.46. The van der Waals surface area contributed by atoms with E-state index >= 15 is 0 Å². The molecular formula is C16H25NO4. The maximum absolute atomic E-state index is 11.5. The van der Waals surface area contributed by atoms with E-state index in [1.165, 1.54) is 0 Å². The summed E-state index contributed by atoms with van der Waals surface area (Å²) in [7, 11) is 0. The molecule has 0 atom stereocenters. The number of nitrogens with two attached hydrogens (primary N) is 1. The lowest BCUT2D eigenvalue weighted by molar-refractivity contribution is 0.1000. The van der Waals surface area contributed by atoms with Crippen LogP contribution in [0.25, 0.3) is 0 Å². The molecule has 5 N–H and O–H groups in total. The van der Waals surface area contributed by atoms with Gasteiger partial charge < -0.3 is 21.1 Å². The van der Waals surface area contributed by atoms with Gasteiger partial charge in [-0.1, -0.05) is 0 Å². The normalized spacial score (nSPS) is 10.8. The van der Waals surface area contributed by atoms with E-state index in [2.05, 4.69) is 0 Å². The molecule has 0 saturated carbocycles. The number of hydrogen-bond acceptors (Lipinski definition) is 4. The third-order valence-corrected chi connectivity index (χ3v) is 3.51. The monoisotopic (exact) mass is 295 g/mol. The summed E-state index contributed by atoms with van der Waals surface area (Å²) in [6.07, 6.45) is 3.95. The molecule has 1 aromatic rings. The first-order valence-electron chi connectivity index (χ1n) is 7.41. The van der Waals surface area contributed by atoms with E-state index in [-0.39, 0.29) is 19.8 Å². The zero-order valence-corrected chi connectivity index (χ0v) is 12.3. The summed E-state index contributed by atoms with van der Waals surface area (Å²) in [5, 5.41) is 27.1. The molecule has 0 aromatic heterocycles. The van der Waals surface area contributed by atoms with Gasteiger partial charge in [-0.3, -0.25) is 4.79 Å². The summed E-state index contributed by atoms with van der Waals surface area (Å²) in [6.45, 7) is 0.287. The van der Waals surface area contributed by atoms with Crippen LogP contribution in [0.3, 0.4) is 0 Å². The van der Waals surface area contributed by atoms with Crippen molar-refractivity contribution < 1.29 is 20.1 Å². The Kier molecular flexibility index (Phi) is 7.97. The molecule has 0 saturated heterocycles. The van der Waals surface area contributed by atoms with Crippen LogP contribution in [0.15, 0.2) is 12.1 Å². The predicted molar refractivity (Wildman–Crippen MR) is 81.2 cm³/mol. The first-order valence-corrected chi connectivity index (χ1v) is 7.41. The number of carbonyl (C=O) groups excluding carboxylic acids is 1. The average molecular weight is 295 g/mol. The smallest absolute Gasteiger partial charge is 0.248 e. The number of amides is 1. The number of aryl methyl sites for hydroxylation is 2. The Morgan fingerprint density at radius 3 is 1.67 bits per heavy atom. The first-order chi connectivity index (χ1) is 10.1. The standard InChI is InChI=1S/C16H25NO4/c17-16(21)14-10-12(4-1-7-18)15(6-3-9-20)13(11-14)5-2-8-19/h10-11,18-20H,1-9H2,(H2,17,21). The van der Waals surface area contributed by atoms with Crippen LogP contribution in [0.1, 0.15) is 46.3 Å². The molecule has 0 unspecified atom stereocenters. The molecule has 5 heteroatoms. The van der Waals surface area contributed by atoms with E-state index in [0.29, 0.717) is 37.7 Å². The van der Waals surface area contributed by atoms with Crippen molar-refractivity contribution in [1.29, 1.82) is 0 Å². The summed E-state index contributed by atoms with van der Waals surface area (Å²) in [4.78, 5) is 11.5. The van der Waals surface area contributed by atoms with E-state index in [4.69, 9.17) is 21.1 Å². The number of primary amides is 1. The Morgan fingerprint density at radius 2 is 1.29 bits per heavy atom. The Bertz CT molecular complexity index is 431. The Morgan fingerprint density at radius 1 is 0.857 bits per heavy atom. The van der Waals surface area contributed by atoms with Crippen LogP contribution >= 0.6 is 0 Å². The van der Waals surface area contributed by atoms with Crippen molar-refractivity contribution in [2.45, 2.75) is 38.5 Å². The zero-order chi connectivity index (χ0) is 15.7. The summed E-state index contributed by atoms with van der Waals surface area (Å²) in [5.74, 6) is -0.473. The van der Waals surface area contributed by atoms with Gasteiger partial charge in [-0.15, -0.1) is 0 Å². The van der Waals surface area contributed by atoms with Crippen LogP contribution in [0.4, 0.5) is 0 Å². The van der Waals surface area contributed by atoms with Gasteiger partial charge in [-0.25, -0.2) is 0 Å². The van der Waals surface area contributed by atoms with Gasteiger partial charge in [0.1, 0.15) is 0 Å². The number of carbonyl (C=O) groups is 1. The van der Waals surface area contributed by atoms with Gasteiger partial charge in [0, 0.05) is 25.4 Å². The molecule has 0 aliphatic carbocycles. The van der Waals surface area contributed by atoms with Gasteiger partial charge in [0.15, 0.2) is 0 Å². The number of rotatable bonds is 10. The molecule has 1 aromatic carbocycles. The van der Waals surface area contributed by atoms with E-state index in [9.17, 15) is 4.79 Å². The summed E-state index contributed by atoms with van der Waals surface area (Å²) < 4.78 is 0. The lowest BCUT2D eigenvalue weighted by Gasteiger charge is -2.16. The van der Waals surface area contributed by atoms with E-state index in [1.807, 2.05) is 0 Å². The van der Waals surface area contributed by atoms with Crippen molar-refractivity contribution in [1.82, 2.24) is 0 Å². The van der Waals surface area contributed by atoms with Crippen molar-refractivity contribution in [2.75, 3.05) is 19.8 Å². The molecule has 118 valence electrons. The molecular weight excluding hydrogens is 270 g/mol. The van der Waals surface area contributed by atoms with Crippen LogP contribution in [-0.2, 0) is 19.3 Å². The van der Waals surface area contributed by atoms with Gasteiger partial charge >= 0.3 is 0 Å². The maximum Gasteiger partial charge on any atom is 0.248 e. The number of benzene rings is 1. The SMILES string of the molecule is NC(=O)c1cc(CCCO)c(CCCO)c(CCCO)c1. The fourth-order valence-electron chi connectivity index (χ4n) is 2.50. The highest BCUT2D eigenvalue weighted by Crippen LogP contribution is 2.22. The summed E-state index contributed by atoms with van der Waals surface area (Å²) >= 11 is 0. The second-order valence-corrected chi connectivity index (χ2v) is 5.12. The minimum Gasteiger partial charge on any atom is -0.396 e. The highest BCUT2D eigenvalue weighted by Gasteiger charge is 2.13. The Hall–Kier alpha value is -1.43. The van der Waals surface area contributed by atoms with Crippen LogP contribution in [-0.4, -0.2) is 41.0 Å². The van der Waals surface area contributed by atoms with Gasteiger partial charge in [-0.2, -0.15) is 0 Å². The van der Waals surface area contributed by atoms with E-state index in [1.54, 1.807) is 12.1 Å². The van der Waals surface area contributed by atoms with Crippen molar-refractivity contribution in [2.24, 2.45) is 5.73 Å². The molecule has 0 spiro atoms. The van der Waals surface area contributed by atoms with Gasteiger partial charge in [0.25, 0.3) is 0 Å². The molecule has 21 heavy (non-hydrogen) atoms. The average Bonchev–Trinajstić information content (AvgIpc) is 2.48.